The number of benzene rings is 1. The van der Waals surface area contributed by atoms with Crippen molar-refractivity contribution in [2.45, 2.75) is 12.8 Å². The van der Waals surface area contributed by atoms with E-state index in [0.717, 1.165) is 6.92 Å². The molecule has 0 saturated heterocycles. The minimum absolute atomic E-state index is 0.0181. The molecule has 3 nitrogen and oxygen atoms in total. The average molecular weight is 288 g/mol. The van der Waals surface area contributed by atoms with Gasteiger partial charge in [0, 0.05) is 12.5 Å². The Morgan fingerprint density at radius 3 is 2.31 bits per heavy atom. The highest BCUT2D eigenvalue weighted by Gasteiger charge is 2.23. The fourth-order valence-corrected chi connectivity index (χ4v) is 1.54. The molecule has 6 heteroatoms. The van der Waals surface area contributed by atoms with Gasteiger partial charge in [0.05, 0.1) is 5.69 Å². The Morgan fingerprint density at radius 1 is 1.25 bits per heavy atom. The van der Waals surface area contributed by atoms with Crippen LogP contribution < -0.4 is 0 Å². The van der Waals surface area contributed by atoms with Gasteiger partial charge in [-0.25, -0.2) is 18.4 Å². The zero-order valence-corrected chi connectivity index (χ0v) is 9.95. The first-order chi connectivity index (χ1) is 7.47. The third kappa shape index (κ3) is 2.27. The van der Waals surface area contributed by atoms with Gasteiger partial charge >= 0.3 is 0 Å². The van der Waals surface area contributed by atoms with Gasteiger partial charge in [-0.1, -0.05) is 12.1 Å². The summed E-state index contributed by atoms with van der Waals surface area (Å²) in [5.41, 5.74) is 0.668. The lowest BCUT2D eigenvalue weighted by Crippen LogP contribution is -2.07. The summed E-state index contributed by atoms with van der Waals surface area (Å²) in [6, 6.07) is 5.91. The molecule has 0 aliphatic carbocycles. The lowest BCUT2D eigenvalue weighted by molar-refractivity contribution is 0.0175. The summed E-state index contributed by atoms with van der Waals surface area (Å²) in [4.78, 5) is 3.88. The smallest absolute Gasteiger partial charge is 0.220 e. The van der Waals surface area contributed by atoms with Crippen molar-refractivity contribution >= 4 is 15.9 Å². The molecular formula is C10H8BrF2N3. The van der Waals surface area contributed by atoms with Gasteiger partial charge in [0.25, 0.3) is 5.92 Å². The molecule has 1 aromatic heterocycles. The predicted molar refractivity (Wildman–Crippen MR) is 58.6 cm³/mol. The Balaban J connectivity index is 2.33. The van der Waals surface area contributed by atoms with Gasteiger partial charge in [0.15, 0.2) is 0 Å². The van der Waals surface area contributed by atoms with Crippen molar-refractivity contribution in [2.24, 2.45) is 0 Å². The number of alkyl halides is 2. The second-order valence-corrected chi connectivity index (χ2v) is 4.10. The SMILES string of the molecule is CC(F)(F)c1ccc(-n2cnc(Br)n2)cc1. The van der Waals surface area contributed by atoms with Crippen molar-refractivity contribution in [1.29, 1.82) is 0 Å². The van der Waals surface area contributed by atoms with E-state index < -0.39 is 5.92 Å². The van der Waals surface area contributed by atoms with Gasteiger partial charge in [-0.2, -0.15) is 0 Å². The fraction of sp³-hybridized carbons (Fsp3) is 0.200. The summed E-state index contributed by atoms with van der Waals surface area (Å²) >= 11 is 3.11. The lowest BCUT2D eigenvalue weighted by Gasteiger charge is -2.10. The normalized spacial score (nSPS) is 11.8. The van der Waals surface area contributed by atoms with Crippen LogP contribution in [0.5, 0.6) is 0 Å². The van der Waals surface area contributed by atoms with Crippen molar-refractivity contribution in [1.82, 2.24) is 14.8 Å². The van der Waals surface area contributed by atoms with Crippen LogP contribution in [-0.2, 0) is 5.92 Å². The molecule has 0 bridgehead atoms. The molecule has 84 valence electrons. The molecule has 0 unspecified atom stereocenters. The molecule has 0 aliphatic rings. The molecule has 0 saturated carbocycles. The van der Waals surface area contributed by atoms with Gasteiger partial charge in [-0.05, 0) is 28.1 Å². The number of hydrogen-bond donors (Lipinski definition) is 0. The van der Waals surface area contributed by atoms with Crippen LogP contribution in [0.15, 0.2) is 35.3 Å². The van der Waals surface area contributed by atoms with Gasteiger partial charge in [-0.3, -0.25) is 0 Å². The predicted octanol–water partition coefficient (Wildman–Crippen LogP) is 3.14. The van der Waals surface area contributed by atoms with E-state index in [1.54, 1.807) is 12.1 Å². The Labute approximate surface area is 99.2 Å². The van der Waals surface area contributed by atoms with Crippen LogP contribution in [0.3, 0.4) is 0 Å². The summed E-state index contributed by atoms with van der Waals surface area (Å²) in [6.45, 7) is 0.869. The lowest BCUT2D eigenvalue weighted by atomic mass is 10.1. The van der Waals surface area contributed by atoms with Crippen molar-refractivity contribution < 1.29 is 8.78 Å². The Hall–Kier alpha value is -1.30. The van der Waals surface area contributed by atoms with Gasteiger partial charge < -0.3 is 0 Å². The zero-order chi connectivity index (χ0) is 11.8. The first-order valence-corrected chi connectivity index (χ1v) is 5.32. The van der Waals surface area contributed by atoms with E-state index in [9.17, 15) is 8.78 Å². The van der Waals surface area contributed by atoms with E-state index in [0.29, 0.717) is 10.4 Å². The highest BCUT2D eigenvalue weighted by molar-refractivity contribution is 9.10. The Morgan fingerprint density at radius 2 is 1.88 bits per heavy atom. The maximum Gasteiger partial charge on any atom is 0.270 e. The second kappa shape index (κ2) is 3.93. The third-order valence-corrected chi connectivity index (χ3v) is 2.47. The second-order valence-electron chi connectivity index (χ2n) is 3.39. The van der Waals surface area contributed by atoms with Crippen LogP contribution in [0, 0.1) is 0 Å². The van der Waals surface area contributed by atoms with Crippen molar-refractivity contribution in [2.75, 3.05) is 0 Å². The third-order valence-electron chi connectivity index (χ3n) is 2.10. The van der Waals surface area contributed by atoms with Gasteiger partial charge in [0.1, 0.15) is 6.33 Å². The molecule has 0 radical (unpaired) electrons. The molecule has 1 heterocycles. The molecule has 0 fully saturated rings. The minimum atomic E-state index is -2.82. The quantitative estimate of drug-likeness (QED) is 0.850. The molecule has 1 aromatic carbocycles. The number of hydrogen-bond acceptors (Lipinski definition) is 2. The van der Waals surface area contributed by atoms with E-state index in [-0.39, 0.29) is 5.56 Å². The summed E-state index contributed by atoms with van der Waals surface area (Å²) in [5.74, 6) is -2.82. The summed E-state index contributed by atoms with van der Waals surface area (Å²) in [5, 5.41) is 4.01. The Kier molecular flexibility index (Phi) is 2.75. The van der Waals surface area contributed by atoms with Crippen molar-refractivity contribution in [3.05, 3.63) is 40.9 Å². The maximum absolute atomic E-state index is 13.0. The van der Waals surface area contributed by atoms with Gasteiger partial charge in [0.2, 0.25) is 4.73 Å². The Bertz CT molecular complexity index is 488. The van der Waals surface area contributed by atoms with Crippen LogP contribution in [0.2, 0.25) is 0 Å². The highest BCUT2D eigenvalue weighted by atomic mass is 79.9. The van der Waals surface area contributed by atoms with Crippen LogP contribution >= 0.6 is 15.9 Å². The standard InChI is InChI=1S/C10H8BrF2N3/c1-10(12,13)7-2-4-8(5-3-7)16-6-14-9(11)15-16/h2-6H,1H3. The summed E-state index contributed by atoms with van der Waals surface area (Å²) in [7, 11) is 0. The van der Waals surface area contributed by atoms with Crippen LogP contribution in [-0.4, -0.2) is 14.8 Å². The van der Waals surface area contributed by atoms with Crippen molar-refractivity contribution in [3.8, 4) is 5.69 Å². The van der Waals surface area contributed by atoms with E-state index in [2.05, 4.69) is 26.0 Å². The van der Waals surface area contributed by atoms with E-state index in [4.69, 9.17) is 0 Å². The first-order valence-electron chi connectivity index (χ1n) is 4.53. The van der Waals surface area contributed by atoms with Gasteiger partial charge in [-0.15, -0.1) is 5.10 Å². The number of nitrogens with zero attached hydrogens (tertiary/aromatic N) is 3. The van der Waals surface area contributed by atoms with E-state index in [1.807, 2.05) is 0 Å². The maximum atomic E-state index is 13.0. The molecule has 0 atom stereocenters. The van der Waals surface area contributed by atoms with Crippen molar-refractivity contribution in [3.63, 3.8) is 0 Å². The topological polar surface area (TPSA) is 30.7 Å². The van der Waals surface area contributed by atoms with E-state index >= 15 is 0 Å². The zero-order valence-electron chi connectivity index (χ0n) is 8.36. The number of halogens is 3. The van der Waals surface area contributed by atoms with Crippen LogP contribution in [0.25, 0.3) is 5.69 Å². The number of rotatable bonds is 2. The molecule has 2 aromatic rings. The van der Waals surface area contributed by atoms with Crippen LogP contribution in [0.1, 0.15) is 12.5 Å². The summed E-state index contributed by atoms with van der Waals surface area (Å²) < 4.78 is 27.9. The fourth-order valence-electron chi connectivity index (χ4n) is 1.27. The average Bonchev–Trinajstić information content (AvgIpc) is 2.64. The minimum Gasteiger partial charge on any atom is -0.220 e. The first kappa shape index (κ1) is 11.2. The van der Waals surface area contributed by atoms with Crippen LogP contribution in [0.4, 0.5) is 8.78 Å². The monoisotopic (exact) mass is 287 g/mol. The molecule has 2 rings (SSSR count). The molecule has 0 aliphatic heterocycles. The number of aromatic nitrogens is 3. The molecule has 0 amide bonds. The molecule has 16 heavy (non-hydrogen) atoms. The molecule has 0 spiro atoms. The molecule has 0 N–H and O–H groups in total. The summed E-state index contributed by atoms with van der Waals surface area (Å²) in [6.07, 6.45) is 1.50. The molecular weight excluding hydrogens is 280 g/mol. The largest absolute Gasteiger partial charge is 0.270 e. The highest BCUT2D eigenvalue weighted by Crippen LogP contribution is 2.27. The van der Waals surface area contributed by atoms with E-state index in [1.165, 1.54) is 23.1 Å².